The molecule has 0 saturated carbocycles. The Balaban J connectivity index is 1.51. The number of nitrogens with zero attached hydrogens (tertiary/aromatic N) is 5. The van der Waals surface area contributed by atoms with Crippen LogP contribution in [0.1, 0.15) is 5.56 Å². The number of imidazole rings is 1. The minimum Gasteiger partial charge on any atom is -0.384 e. The van der Waals surface area contributed by atoms with Gasteiger partial charge in [-0.05, 0) is 59.7 Å². The second-order valence-corrected chi connectivity index (χ2v) is 10.4. The third-order valence-electron chi connectivity index (χ3n) is 6.51. The Morgan fingerprint density at radius 1 is 0.902 bits per heavy atom. The number of hydrogen-bond donors (Lipinski definition) is 3. The lowest BCUT2D eigenvalue weighted by Crippen LogP contribution is -2.22. The van der Waals surface area contributed by atoms with E-state index in [2.05, 4.69) is 14.7 Å². The van der Waals surface area contributed by atoms with Crippen molar-refractivity contribution < 1.29 is 8.76 Å². The fraction of sp³-hybridized carbons (Fsp3) is 0.0345. The first-order valence-corrected chi connectivity index (χ1v) is 13.9. The van der Waals surface area contributed by atoms with Crippen molar-refractivity contribution in [1.29, 1.82) is 0 Å². The van der Waals surface area contributed by atoms with Gasteiger partial charge in [-0.2, -0.15) is 0 Å². The third-order valence-corrected chi connectivity index (χ3v) is 7.15. The number of rotatable bonds is 7. The Morgan fingerprint density at radius 3 is 2.34 bits per heavy atom. The molecule has 3 heterocycles. The largest absolute Gasteiger partial charge is 0.384 e. The van der Waals surface area contributed by atoms with Crippen LogP contribution in [-0.2, 0) is 17.8 Å². The van der Waals surface area contributed by atoms with Gasteiger partial charge in [0.1, 0.15) is 18.0 Å². The predicted octanol–water partition coefficient (Wildman–Crippen LogP) is 4.76. The molecule has 41 heavy (non-hydrogen) atoms. The number of aromatic nitrogens is 5. The van der Waals surface area contributed by atoms with Crippen LogP contribution in [0.3, 0.4) is 0 Å². The molecule has 0 spiro atoms. The average molecular weight is 584 g/mol. The van der Waals surface area contributed by atoms with Crippen molar-refractivity contribution in [2.45, 2.75) is 6.54 Å². The monoisotopic (exact) mass is 583 g/mol. The molecule has 1 unspecified atom stereocenters. The Bertz CT molecular complexity index is 1960. The first kappa shape index (κ1) is 26.5. The summed E-state index contributed by atoms with van der Waals surface area (Å²) in [6.45, 7) is 0.182. The van der Waals surface area contributed by atoms with Gasteiger partial charge in [-0.15, -0.1) is 0 Å². The summed E-state index contributed by atoms with van der Waals surface area (Å²) in [5.41, 5.74) is 10.6. The highest BCUT2D eigenvalue weighted by Gasteiger charge is 2.19. The van der Waals surface area contributed by atoms with E-state index in [1.807, 2.05) is 54.6 Å². The molecule has 1 atom stereocenters. The van der Waals surface area contributed by atoms with Gasteiger partial charge in [0.25, 0.3) is 5.56 Å². The summed E-state index contributed by atoms with van der Waals surface area (Å²) in [4.78, 5) is 27.5. The number of fused-ring (bicyclic) bond motifs is 1. The number of hydrogen-bond acceptors (Lipinski definition) is 6. The number of nitrogens with one attached hydrogen (secondary N) is 1. The van der Waals surface area contributed by atoms with Gasteiger partial charge in [0.15, 0.2) is 11.2 Å². The van der Waals surface area contributed by atoms with Crippen LogP contribution in [0, 0.1) is 0 Å². The molecule has 12 heteroatoms. The average Bonchev–Trinajstić information content (AvgIpc) is 3.42. The third kappa shape index (κ3) is 5.39. The quantitative estimate of drug-likeness (QED) is 0.230. The summed E-state index contributed by atoms with van der Waals surface area (Å²) in [5.74, 6) is 0.860. The van der Waals surface area contributed by atoms with Gasteiger partial charge in [-0.3, -0.25) is 18.5 Å². The zero-order valence-electron chi connectivity index (χ0n) is 21.3. The van der Waals surface area contributed by atoms with E-state index in [4.69, 9.17) is 26.9 Å². The molecule has 3 aromatic heterocycles. The maximum absolute atomic E-state index is 13.9. The molecule has 3 aromatic carbocycles. The summed E-state index contributed by atoms with van der Waals surface area (Å²) in [7, 11) is 0. The lowest BCUT2D eigenvalue weighted by molar-refractivity contribution is 0.548. The van der Waals surface area contributed by atoms with Crippen molar-refractivity contribution in [1.82, 2.24) is 28.8 Å². The normalized spacial score (nSPS) is 12.0. The molecular weight excluding hydrogens is 562 g/mol. The summed E-state index contributed by atoms with van der Waals surface area (Å²) in [6, 6.07) is 25.6. The van der Waals surface area contributed by atoms with E-state index in [-0.39, 0.29) is 17.6 Å². The van der Waals surface area contributed by atoms with Crippen molar-refractivity contribution in [3.05, 3.63) is 118 Å². The van der Waals surface area contributed by atoms with E-state index >= 15 is 0 Å². The fourth-order valence-corrected chi connectivity index (χ4v) is 4.93. The lowest BCUT2D eigenvalue weighted by Gasteiger charge is -2.14. The minimum atomic E-state index is -2.14. The Hall–Kier alpha value is -4.68. The summed E-state index contributed by atoms with van der Waals surface area (Å²) >= 11 is 3.99. The molecule has 6 aromatic rings. The van der Waals surface area contributed by atoms with Gasteiger partial charge < -0.3 is 5.73 Å². The number of pyridine rings is 1. The maximum Gasteiger partial charge on any atom is 0.286 e. The number of anilines is 1. The topological polar surface area (TPSA) is 141 Å². The summed E-state index contributed by atoms with van der Waals surface area (Å²) < 4.78 is 25.9. The fourth-order valence-electron chi connectivity index (χ4n) is 4.51. The Kier molecular flexibility index (Phi) is 7.16. The van der Waals surface area contributed by atoms with E-state index in [0.29, 0.717) is 39.3 Å². The van der Waals surface area contributed by atoms with E-state index in [0.717, 1.165) is 16.7 Å². The maximum atomic E-state index is 13.9. The second-order valence-electron chi connectivity index (χ2n) is 9.13. The van der Waals surface area contributed by atoms with Crippen LogP contribution in [0.4, 0.5) is 5.82 Å². The molecule has 0 aliphatic heterocycles. The molecule has 0 radical (unpaired) electrons. The zero-order chi connectivity index (χ0) is 28.5. The highest BCUT2D eigenvalue weighted by molar-refractivity contribution is 7.77. The van der Waals surface area contributed by atoms with Crippen LogP contribution in [-0.4, -0.2) is 32.8 Å². The standard InChI is InChI=1S/C29H22ClN7O3S/c30-22-9-11-23(12-10-22)37-27(20-6-4-19(5-7-20)21-8-13-25(31)32-16-21)35-28-26(29(37)38)33-17-36(28)24-3-1-2-18(14-24)15-34-41(39)40/h1-14,16-17,34H,15H2,(H2,31,32)(H,39,40). The molecule has 0 saturated heterocycles. The van der Waals surface area contributed by atoms with Gasteiger partial charge in [0.2, 0.25) is 11.3 Å². The number of halogens is 1. The van der Waals surface area contributed by atoms with E-state index in [1.54, 1.807) is 47.4 Å². The van der Waals surface area contributed by atoms with Crippen LogP contribution in [0.5, 0.6) is 0 Å². The van der Waals surface area contributed by atoms with Crippen molar-refractivity contribution in [2.75, 3.05) is 5.73 Å². The van der Waals surface area contributed by atoms with Gasteiger partial charge in [0, 0.05) is 34.6 Å². The molecule has 204 valence electrons. The Morgan fingerprint density at radius 2 is 1.63 bits per heavy atom. The van der Waals surface area contributed by atoms with E-state index in [9.17, 15) is 9.00 Å². The molecule has 0 fully saturated rings. The predicted molar refractivity (Wildman–Crippen MR) is 160 cm³/mol. The van der Waals surface area contributed by atoms with Crippen LogP contribution in [0.15, 0.2) is 102 Å². The van der Waals surface area contributed by atoms with Crippen molar-refractivity contribution in [2.24, 2.45) is 0 Å². The molecule has 10 nitrogen and oxygen atoms in total. The SMILES string of the molecule is Nc1ccc(-c2ccc(-c3nc4c(ncn4-c4cccc(CNS(=O)O)c4)c(=O)n3-c3ccc(Cl)cc3)cc2)cn1. The summed E-state index contributed by atoms with van der Waals surface area (Å²) in [5, 5.41) is 0.544. The first-order valence-electron chi connectivity index (χ1n) is 12.4. The van der Waals surface area contributed by atoms with Gasteiger partial charge in [0.05, 0.1) is 5.69 Å². The molecule has 0 amide bonds. The number of nitrogens with two attached hydrogens (primary N) is 1. The molecule has 0 aliphatic rings. The van der Waals surface area contributed by atoms with E-state index in [1.165, 1.54) is 4.57 Å². The van der Waals surface area contributed by atoms with Gasteiger partial charge in [-0.25, -0.2) is 23.9 Å². The van der Waals surface area contributed by atoms with Gasteiger partial charge in [-0.1, -0.05) is 48.0 Å². The van der Waals surface area contributed by atoms with E-state index < -0.39 is 11.3 Å². The molecule has 6 rings (SSSR count). The first-order chi connectivity index (χ1) is 19.9. The molecule has 4 N–H and O–H groups in total. The Labute approximate surface area is 241 Å². The smallest absolute Gasteiger partial charge is 0.286 e. The van der Waals surface area contributed by atoms with Crippen molar-refractivity contribution in [3.8, 4) is 33.9 Å². The lowest BCUT2D eigenvalue weighted by atomic mass is 10.1. The summed E-state index contributed by atoms with van der Waals surface area (Å²) in [6.07, 6.45) is 3.25. The van der Waals surface area contributed by atoms with Crippen molar-refractivity contribution >= 4 is 39.8 Å². The van der Waals surface area contributed by atoms with Crippen molar-refractivity contribution in [3.63, 3.8) is 0 Å². The second kappa shape index (κ2) is 11.1. The van der Waals surface area contributed by atoms with Crippen LogP contribution in [0.25, 0.3) is 45.1 Å². The highest BCUT2D eigenvalue weighted by Crippen LogP contribution is 2.27. The van der Waals surface area contributed by atoms with Crippen LogP contribution in [0.2, 0.25) is 5.02 Å². The van der Waals surface area contributed by atoms with Crippen LogP contribution < -0.4 is 16.0 Å². The molecule has 0 bridgehead atoms. The molecule has 0 aliphatic carbocycles. The van der Waals surface area contributed by atoms with Crippen LogP contribution >= 0.6 is 11.6 Å². The number of nitrogen functional groups attached to an aromatic ring is 1. The van der Waals surface area contributed by atoms with Gasteiger partial charge >= 0.3 is 0 Å². The minimum absolute atomic E-state index is 0.182. The number of benzene rings is 3. The zero-order valence-corrected chi connectivity index (χ0v) is 22.9. The highest BCUT2D eigenvalue weighted by atomic mass is 35.5. The molecular formula is C29H22ClN7O3S.